The Hall–Kier alpha value is -2.48. The molecule has 0 aromatic heterocycles. The highest BCUT2D eigenvalue weighted by Crippen LogP contribution is 2.26. The molecule has 7 heteroatoms. The number of halogens is 1. The van der Waals surface area contributed by atoms with E-state index in [0.29, 0.717) is 25.9 Å². The van der Waals surface area contributed by atoms with Crippen LogP contribution in [-0.4, -0.2) is 31.7 Å². The van der Waals surface area contributed by atoms with Crippen molar-refractivity contribution < 1.29 is 13.2 Å². The van der Waals surface area contributed by atoms with Crippen molar-refractivity contribution in [2.75, 3.05) is 13.1 Å². The smallest absolute Gasteiger partial charge is 0.223 e. The van der Waals surface area contributed by atoms with E-state index < -0.39 is 10.0 Å². The minimum atomic E-state index is -3.42. The molecule has 3 aromatic carbocycles. The van der Waals surface area contributed by atoms with Crippen LogP contribution in [0.3, 0.4) is 0 Å². The number of hydrogen-bond acceptors (Lipinski definition) is 3. The molecule has 1 aliphatic heterocycles. The molecule has 33 heavy (non-hydrogen) atoms. The number of nitrogens with one attached hydrogen (secondary N) is 1. The molecule has 1 N–H and O–H groups in total. The largest absolute Gasteiger partial charge is 0.345 e. The molecule has 0 atom stereocenters. The molecule has 1 heterocycles. The zero-order valence-corrected chi connectivity index (χ0v) is 20.6. The Labute approximate surface area is 204 Å². The number of nitrogens with zero attached hydrogens (tertiary/aromatic N) is 1. The first-order valence-electron chi connectivity index (χ1n) is 11.0. The Bertz CT molecular complexity index is 1120. The minimum absolute atomic E-state index is 0.0266. The number of amides is 1. The van der Waals surface area contributed by atoms with E-state index >= 15 is 0 Å². The van der Waals surface area contributed by atoms with Gasteiger partial charge in [-0.1, -0.05) is 88.7 Å². The molecule has 1 aliphatic rings. The van der Waals surface area contributed by atoms with Gasteiger partial charge in [-0.05, 0) is 41.7 Å². The highest BCUT2D eigenvalue weighted by Gasteiger charge is 2.32. The van der Waals surface area contributed by atoms with Crippen molar-refractivity contribution in [1.29, 1.82) is 0 Å². The second-order valence-corrected chi connectivity index (χ2v) is 11.2. The second-order valence-electron chi connectivity index (χ2n) is 8.32. The third kappa shape index (κ3) is 6.10. The normalized spacial score (nSPS) is 15.5. The molecule has 1 saturated heterocycles. The number of carbonyl (C=O) groups excluding carboxylic acids is 1. The summed E-state index contributed by atoms with van der Waals surface area (Å²) in [6.45, 7) is 0.719. The third-order valence-corrected chi connectivity index (χ3v) is 8.41. The number of sulfonamides is 1. The van der Waals surface area contributed by atoms with E-state index in [1.165, 1.54) is 4.31 Å². The van der Waals surface area contributed by atoms with Crippen LogP contribution in [0.5, 0.6) is 0 Å². The lowest BCUT2D eigenvalue weighted by atomic mass is 9.94. The van der Waals surface area contributed by atoms with Gasteiger partial charge in [-0.15, -0.1) is 0 Å². The van der Waals surface area contributed by atoms with E-state index in [2.05, 4.69) is 21.2 Å². The van der Waals surface area contributed by atoms with Crippen LogP contribution in [0.4, 0.5) is 0 Å². The molecule has 0 spiro atoms. The summed E-state index contributed by atoms with van der Waals surface area (Å²) >= 11 is 3.37. The molecule has 1 fully saturated rings. The Kier molecular flexibility index (Phi) is 7.63. The first-order chi connectivity index (χ1) is 15.9. The zero-order chi connectivity index (χ0) is 23.3. The first-order valence-corrected chi connectivity index (χ1v) is 13.4. The summed E-state index contributed by atoms with van der Waals surface area (Å²) in [6, 6.07) is 26.9. The summed E-state index contributed by atoms with van der Waals surface area (Å²) in [7, 11) is -3.42. The molecule has 0 unspecified atom stereocenters. The third-order valence-electron chi connectivity index (χ3n) is 6.03. The summed E-state index contributed by atoms with van der Waals surface area (Å²) in [6.07, 6.45) is 1.03. The Morgan fingerprint density at radius 2 is 1.39 bits per heavy atom. The summed E-state index contributed by atoms with van der Waals surface area (Å²) < 4.78 is 28.2. The molecule has 4 rings (SSSR count). The quantitative estimate of drug-likeness (QED) is 0.476. The molecule has 172 valence electrons. The highest BCUT2D eigenvalue weighted by atomic mass is 79.9. The van der Waals surface area contributed by atoms with Gasteiger partial charge in [0, 0.05) is 23.5 Å². The SMILES string of the molecule is O=C(NC(c1ccccc1)c1ccccc1)C1CCN(S(=O)(=O)Cc2ccc(Br)cc2)CC1. The monoisotopic (exact) mass is 526 g/mol. The van der Waals surface area contributed by atoms with E-state index in [-0.39, 0.29) is 23.6 Å². The van der Waals surface area contributed by atoms with Gasteiger partial charge in [-0.25, -0.2) is 12.7 Å². The second kappa shape index (κ2) is 10.6. The van der Waals surface area contributed by atoms with Crippen molar-refractivity contribution >= 4 is 31.9 Å². The molecule has 1 amide bonds. The maximum Gasteiger partial charge on any atom is 0.223 e. The van der Waals surface area contributed by atoms with Gasteiger partial charge in [0.2, 0.25) is 15.9 Å². The average molecular weight is 527 g/mol. The van der Waals surface area contributed by atoms with Gasteiger partial charge in [0.1, 0.15) is 0 Å². The molecular weight excluding hydrogens is 500 g/mol. The van der Waals surface area contributed by atoms with Crippen LogP contribution in [0.25, 0.3) is 0 Å². The van der Waals surface area contributed by atoms with Crippen molar-refractivity contribution in [3.8, 4) is 0 Å². The number of benzene rings is 3. The fourth-order valence-corrected chi connectivity index (χ4v) is 6.02. The Balaban J connectivity index is 1.39. The van der Waals surface area contributed by atoms with Crippen molar-refractivity contribution in [2.45, 2.75) is 24.6 Å². The van der Waals surface area contributed by atoms with E-state index in [0.717, 1.165) is 21.2 Å². The molecule has 3 aromatic rings. The Morgan fingerprint density at radius 1 is 0.879 bits per heavy atom. The van der Waals surface area contributed by atoms with Gasteiger partial charge in [-0.2, -0.15) is 0 Å². The minimum Gasteiger partial charge on any atom is -0.345 e. The first kappa shape index (κ1) is 23.7. The van der Waals surface area contributed by atoms with Crippen molar-refractivity contribution in [2.24, 2.45) is 5.92 Å². The predicted molar refractivity (Wildman–Crippen MR) is 134 cm³/mol. The molecule has 0 radical (unpaired) electrons. The van der Waals surface area contributed by atoms with Gasteiger partial charge in [0.25, 0.3) is 0 Å². The van der Waals surface area contributed by atoms with Crippen molar-refractivity contribution in [3.05, 3.63) is 106 Å². The van der Waals surface area contributed by atoms with Gasteiger partial charge >= 0.3 is 0 Å². The van der Waals surface area contributed by atoms with E-state index in [1.807, 2.05) is 84.9 Å². The van der Waals surface area contributed by atoms with Crippen LogP contribution >= 0.6 is 15.9 Å². The lowest BCUT2D eigenvalue weighted by molar-refractivity contribution is -0.126. The highest BCUT2D eigenvalue weighted by molar-refractivity contribution is 9.10. The van der Waals surface area contributed by atoms with Crippen LogP contribution in [0.15, 0.2) is 89.4 Å². The predicted octanol–water partition coefficient (Wildman–Crippen LogP) is 4.90. The summed E-state index contributed by atoms with van der Waals surface area (Å²) in [5.74, 6) is -0.266. The number of carbonyl (C=O) groups is 1. The number of hydrogen-bond donors (Lipinski definition) is 1. The van der Waals surface area contributed by atoms with Crippen LogP contribution in [0.2, 0.25) is 0 Å². The lowest BCUT2D eigenvalue weighted by Crippen LogP contribution is -2.44. The molecule has 0 saturated carbocycles. The van der Waals surface area contributed by atoms with Crippen LogP contribution in [0, 0.1) is 5.92 Å². The molecule has 0 aliphatic carbocycles. The zero-order valence-electron chi connectivity index (χ0n) is 18.2. The molecule has 0 bridgehead atoms. The van der Waals surface area contributed by atoms with Gasteiger partial charge in [0.15, 0.2) is 0 Å². The van der Waals surface area contributed by atoms with E-state index in [1.54, 1.807) is 0 Å². The topological polar surface area (TPSA) is 66.5 Å². The van der Waals surface area contributed by atoms with E-state index in [4.69, 9.17) is 0 Å². The Morgan fingerprint density at radius 3 is 1.91 bits per heavy atom. The van der Waals surface area contributed by atoms with Crippen LogP contribution < -0.4 is 5.32 Å². The average Bonchev–Trinajstić information content (AvgIpc) is 2.85. The van der Waals surface area contributed by atoms with Gasteiger partial charge in [-0.3, -0.25) is 4.79 Å². The standard InChI is InChI=1S/C26H27BrN2O3S/c27-24-13-11-20(12-14-24)19-33(31,32)29-17-15-23(16-18-29)26(30)28-25(21-7-3-1-4-8-21)22-9-5-2-6-10-22/h1-14,23,25H,15-19H2,(H,28,30). The fourth-order valence-electron chi connectivity index (χ4n) is 4.19. The molecule has 5 nitrogen and oxygen atoms in total. The summed E-state index contributed by atoms with van der Waals surface area (Å²) in [5.41, 5.74) is 2.80. The van der Waals surface area contributed by atoms with Gasteiger partial charge < -0.3 is 5.32 Å². The van der Waals surface area contributed by atoms with E-state index in [9.17, 15) is 13.2 Å². The maximum atomic E-state index is 13.2. The number of piperidine rings is 1. The van der Waals surface area contributed by atoms with Crippen LogP contribution in [0.1, 0.15) is 35.6 Å². The molecular formula is C26H27BrN2O3S. The van der Waals surface area contributed by atoms with Crippen molar-refractivity contribution in [3.63, 3.8) is 0 Å². The summed E-state index contributed by atoms with van der Waals surface area (Å²) in [5, 5.41) is 3.21. The maximum absolute atomic E-state index is 13.2. The van der Waals surface area contributed by atoms with Crippen LogP contribution in [-0.2, 0) is 20.6 Å². The lowest BCUT2D eigenvalue weighted by Gasteiger charge is -2.31. The summed E-state index contributed by atoms with van der Waals surface area (Å²) in [4.78, 5) is 13.2. The van der Waals surface area contributed by atoms with Gasteiger partial charge in [0.05, 0.1) is 11.8 Å². The number of rotatable bonds is 7. The fraction of sp³-hybridized carbons (Fsp3) is 0.269. The van der Waals surface area contributed by atoms with Crippen molar-refractivity contribution in [1.82, 2.24) is 9.62 Å².